The van der Waals surface area contributed by atoms with Gasteiger partial charge in [-0.15, -0.1) is 0 Å². The smallest absolute Gasteiger partial charge is 0.183 e. The van der Waals surface area contributed by atoms with E-state index in [-0.39, 0.29) is 10.1 Å². The van der Waals surface area contributed by atoms with Gasteiger partial charge in [-0.05, 0) is 31.3 Å². The summed E-state index contributed by atoms with van der Waals surface area (Å²) in [6, 6.07) is 5.00. The summed E-state index contributed by atoms with van der Waals surface area (Å²) in [4.78, 5) is 2.15. The Labute approximate surface area is 88.4 Å². The van der Waals surface area contributed by atoms with Crippen molar-refractivity contribution < 1.29 is 12.8 Å². The van der Waals surface area contributed by atoms with E-state index in [1.54, 1.807) is 0 Å². The van der Waals surface area contributed by atoms with Crippen LogP contribution < -0.4 is 0 Å². The molecule has 1 aromatic carbocycles. The third-order valence-electron chi connectivity index (χ3n) is 2.61. The highest BCUT2D eigenvalue weighted by atomic mass is 32.2. The molecular weight excluding hydrogens is 217 g/mol. The average molecular weight is 229 g/mol. The number of sulfone groups is 1. The third-order valence-corrected chi connectivity index (χ3v) is 4.72. The van der Waals surface area contributed by atoms with E-state index < -0.39 is 15.7 Å². The summed E-state index contributed by atoms with van der Waals surface area (Å²) < 4.78 is 36.5. The molecule has 1 heterocycles. The molecule has 0 bridgehead atoms. The van der Waals surface area contributed by atoms with Gasteiger partial charge in [-0.1, -0.05) is 0 Å². The van der Waals surface area contributed by atoms with Crippen molar-refractivity contribution in [3.63, 3.8) is 0 Å². The minimum absolute atomic E-state index is 0.210. The maximum atomic E-state index is 12.6. The second-order valence-electron chi connectivity index (χ2n) is 3.84. The molecule has 0 amide bonds. The normalized spacial score (nSPS) is 18.8. The number of nitrogens with zero attached hydrogens (tertiary/aromatic N) is 1. The van der Waals surface area contributed by atoms with E-state index in [4.69, 9.17) is 0 Å². The quantitative estimate of drug-likeness (QED) is 0.707. The number of halogens is 1. The standard InChI is InChI=1S/C10H12FNO2S/c1-12-6-10(7-12)15(13,14)9-4-2-8(11)3-5-9/h2-5,10H,6-7H2,1H3. The first-order valence-electron chi connectivity index (χ1n) is 4.68. The molecule has 0 aliphatic carbocycles. The van der Waals surface area contributed by atoms with E-state index in [1.165, 1.54) is 24.3 Å². The first-order chi connectivity index (χ1) is 7.00. The van der Waals surface area contributed by atoms with Crippen LogP contribution in [0.5, 0.6) is 0 Å². The summed E-state index contributed by atoms with van der Waals surface area (Å²) in [5.74, 6) is -0.417. The van der Waals surface area contributed by atoms with Gasteiger partial charge in [-0.3, -0.25) is 0 Å². The van der Waals surface area contributed by atoms with Crippen LogP contribution >= 0.6 is 0 Å². The number of benzene rings is 1. The number of hydrogen-bond donors (Lipinski definition) is 0. The van der Waals surface area contributed by atoms with Crippen molar-refractivity contribution in [3.8, 4) is 0 Å². The summed E-state index contributed by atoms with van der Waals surface area (Å²) in [7, 11) is -1.39. The number of rotatable bonds is 2. The van der Waals surface area contributed by atoms with Gasteiger partial charge in [-0.2, -0.15) is 0 Å². The summed E-state index contributed by atoms with van der Waals surface area (Å²) >= 11 is 0. The lowest BCUT2D eigenvalue weighted by Crippen LogP contribution is -2.52. The maximum absolute atomic E-state index is 12.6. The van der Waals surface area contributed by atoms with E-state index in [0.717, 1.165) is 0 Å². The number of likely N-dealkylation sites (tertiary alicyclic amines) is 1. The lowest BCUT2D eigenvalue weighted by molar-refractivity contribution is 0.232. The largest absolute Gasteiger partial charge is 0.304 e. The average Bonchev–Trinajstić information content (AvgIpc) is 2.13. The van der Waals surface area contributed by atoms with Crippen molar-refractivity contribution in [2.24, 2.45) is 0 Å². The number of hydrogen-bond acceptors (Lipinski definition) is 3. The summed E-state index contributed by atoms with van der Waals surface area (Å²) in [5.41, 5.74) is 0. The van der Waals surface area contributed by atoms with Crippen LogP contribution in [0.4, 0.5) is 4.39 Å². The molecule has 1 fully saturated rings. The van der Waals surface area contributed by atoms with Gasteiger partial charge < -0.3 is 4.90 Å². The molecule has 1 saturated heterocycles. The van der Waals surface area contributed by atoms with E-state index in [9.17, 15) is 12.8 Å². The van der Waals surface area contributed by atoms with Crippen LogP contribution in [0.3, 0.4) is 0 Å². The van der Waals surface area contributed by atoms with Crippen molar-refractivity contribution >= 4 is 9.84 Å². The Kier molecular flexibility index (Phi) is 2.52. The van der Waals surface area contributed by atoms with Gasteiger partial charge in [0.25, 0.3) is 0 Å². The second kappa shape index (κ2) is 3.57. The van der Waals surface area contributed by atoms with Gasteiger partial charge in [0.05, 0.1) is 10.1 Å². The molecule has 5 heteroatoms. The minimum atomic E-state index is -3.26. The fourth-order valence-electron chi connectivity index (χ4n) is 1.65. The molecule has 0 saturated carbocycles. The maximum Gasteiger partial charge on any atom is 0.183 e. The van der Waals surface area contributed by atoms with Crippen molar-refractivity contribution in [1.82, 2.24) is 4.90 Å². The molecule has 0 atom stereocenters. The summed E-state index contributed by atoms with van der Waals surface area (Å²) in [5, 5.41) is -0.340. The van der Waals surface area contributed by atoms with E-state index in [1.807, 2.05) is 11.9 Å². The monoisotopic (exact) mass is 229 g/mol. The van der Waals surface area contributed by atoms with Crippen molar-refractivity contribution in [2.75, 3.05) is 20.1 Å². The molecule has 0 unspecified atom stereocenters. The van der Waals surface area contributed by atoms with Gasteiger partial charge in [0.1, 0.15) is 5.82 Å². The highest BCUT2D eigenvalue weighted by molar-refractivity contribution is 7.92. The van der Waals surface area contributed by atoms with E-state index in [2.05, 4.69) is 0 Å². The van der Waals surface area contributed by atoms with Crippen LogP contribution in [0.2, 0.25) is 0 Å². The Morgan fingerprint density at radius 1 is 1.27 bits per heavy atom. The van der Waals surface area contributed by atoms with Gasteiger partial charge >= 0.3 is 0 Å². The SMILES string of the molecule is CN1CC(S(=O)(=O)c2ccc(F)cc2)C1. The van der Waals surface area contributed by atoms with Crippen molar-refractivity contribution in [3.05, 3.63) is 30.1 Å². The zero-order valence-corrected chi connectivity index (χ0v) is 9.17. The predicted octanol–water partition coefficient (Wildman–Crippen LogP) is 0.913. The lowest BCUT2D eigenvalue weighted by atomic mass is 10.2. The van der Waals surface area contributed by atoms with Crippen LogP contribution in [0.25, 0.3) is 0 Å². The Bertz CT molecular complexity index is 449. The molecule has 1 aliphatic rings. The predicted molar refractivity (Wildman–Crippen MR) is 54.9 cm³/mol. The Balaban J connectivity index is 2.26. The summed E-state index contributed by atoms with van der Waals surface area (Å²) in [6.45, 7) is 1.11. The van der Waals surface area contributed by atoms with Crippen LogP contribution in [0.15, 0.2) is 29.2 Å². The molecule has 0 aromatic heterocycles. The topological polar surface area (TPSA) is 37.4 Å². The Morgan fingerprint density at radius 2 is 1.80 bits per heavy atom. The first-order valence-corrected chi connectivity index (χ1v) is 6.23. The van der Waals surface area contributed by atoms with Crippen LogP contribution in [0.1, 0.15) is 0 Å². The molecule has 15 heavy (non-hydrogen) atoms. The third kappa shape index (κ3) is 1.89. The Hall–Kier alpha value is -0.940. The lowest BCUT2D eigenvalue weighted by Gasteiger charge is -2.35. The van der Waals surface area contributed by atoms with Gasteiger partial charge in [-0.25, -0.2) is 12.8 Å². The molecule has 3 nitrogen and oxygen atoms in total. The Morgan fingerprint density at radius 3 is 2.27 bits per heavy atom. The van der Waals surface area contributed by atoms with Gasteiger partial charge in [0.2, 0.25) is 0 Å². The van der Waals surface area contributed by atoms with Gasteiger partial charge in [0.15, 0.2) is 9.84 Å². The highest BCUT2D eigenvalue weighted by Crippen LogP contribution is 2.22. The molecule has 0 spiro atoms. The fourth-order valence-corrected chi connectivity index (χ4v) is 3.46. The molecule has 1 aliphatic heterocycles. The van der Waals surface area contributed by atoms with Crippen LogP contribution in [-0.2, 0) is 9.84 Å². The van der Waals surface area contributed by atoms with Crippen molar-refractivity contribution in [1.29, 1.82) is 0 Å². The molecule has 82 valence electrons. The highest BCUT2D eigenvalue weighted by Gasteiger charge is 2.36. The zero-order chi connectivity index (χ0) is 11.1. The molecule has 0 N–H and O–H groups in total. The zero-order valence-electron chi connectivity index (χ0n) is 8.35. The van der Waals surface area contributed by atoms with E-state index >= 15 is 0 Å². The van der Waals surface area contributed by atoms with E-state index in [0.29, 0.717) is 13.1 Å². The molecule has 0 radical (unpaired) electrons. The van der Waals surface area contributed by atoms with Crippen LogP contribution in [0, 0.1) is 5.82 Å². The second-order valence-corrected chi connectivity index (χ2v) is 6.07. The van der Waals surface area contributed by atoms with Gasteiger partial charge in [0, 0.05) is 13.1 Å². The first kappa shape index (κ1) is 10.6. The summed E-state index contributed by atoms with van der Waals surface area (Å²) in [6.07, 6.45) is 0. The molecule has 2 rings (SSSR count). The fraction of sp³-hybridized carbons (Fsp3) is 0.400. The minimum Gasteiger partial charge on any atom is -0.304 e. The van der Waals surface area contributed by atoms with Crippen molar-refractivity contribution in [2.45, 2.75) is 10.1 Å². The van der Waals surface area contributed by atoms with Crippen LogP contribution in [-0.4, -0.2) is 38.7 Å². The molecular formula is C10H12FNO2S. The molecule has 1 aromatic rings.